The summed E-state index contributed by atoms with van der Waals surface area (Å²) in [4.78, 5) is 58.5. The van der Waals surface area contributed by atoms with Crippen molar-refractivity contribution in [2.45, 2.75) is 44.2 Å². The van der Waals surface area contributed by atoms with Crippen LogP contribution in [0.2, 0.25) is 0 Å². The van der Waals surface area contributed by atoms with Crippen LogP contribution in [0, 0.1) is 5.82 Å². The first-order chi connectivity index (χ1) is 15.8. The Morgan fingerprint density at radius 2 is 1.53 bits per heavy atom. The van der Waals surface area contributed by atoms with Crippen molar-refractivity contribution >= 4 is 48.1 Å². The van der Waals surface area contributed by atoms with Crippen LogP contribution in [-0.4, -0.2) is 81.5 Å². The number of hydrogen-bond donors (Lipinski definition) is 7. The van der Waals surface area contributed by atoms with E-state index in [1.807, 2.05) is 5.32 Å². The standard InChI is InChI=1S/C19H25BFN3O10/c1-24(10-5-6-11(20(33)34)12(21)9-10)15(25)4-2-3-13(17(28)29)22-19(32)23-14(18(30)31)7-8-16(26)27/h5-6,9,13-14,33-34H,2-4,7-8H2,1H3,(H,26,27)(H,28,29)(H,30,31)(H2,22,23,32)/t13-,14-/m0/s1. The summed E-state index contributed by atoms with van der Waals surface area (Å²) in [5, 5.41) is 49.1. The van der Waals surface area contributed by atoms with Crippen LogP contribution in [0.25, 0.3) is 0 Å². The number of carboxylic acids is 3. The van der Waals surface area contributed by atoms with Crippen molar-refractivity contribution in [2.75, 3.05) is 11.9 Å². The van der Waals surface area contributed by atoms with Crippen LogP contribution in [0.15, 0.2) is 18.2 Å². The minimum Gasteiger partial charge on any atom is -0.481 e. The number of amides is 3. The minimum absolute atomic E-state index is 0.00227. The van der Waals surface area contributed by atoms with Gasteiger partial charge >= 0.3 is 31.1 Å². The van der Waals surface area contributed by atoms with Gasteiger partial charge < -0.3 is 40.9 Å². The molecular formula is C19H25BFN3O10. The number of carbonyl (C=O) groups excluding carboxylic acids is 2. The van der Waals surface area contributed by atoms with Crippen molar-refractivity contribution in [2.24, 2.45) is 0 Å². The highest BCUT2D eigenvalue weighted by Gasteiger charge is 2.25. The van der Waals surface area contributed by atoms with Gasteiger partial charge in [-0.2, -0.15) is 0 Å². The number of anilines is 1. The van der Waals surface area contributed by atoms with Crippen molar-refractivity contribution in [1.29, 1.82) is 0 Å². The van der Waals surface area contributed by atoms with Crippen molar-refractivity contribution < 1.29 is 53.7 Å². The third-order valence-corrected chi connectivity index (χ3v) is 4.76. The molecule has 0 saturated carbocycles. The summed E-state index contributed by atoms with van der Waals surface area (Å²) in [6.45, 7) is 0. The van der Waals surface area contributed by atoms with Gasteiger partial charge in [-0.1, -0.05) is 6.07 Å². The molecule has 7 N–H and O–H groups in total. The predicted molar refractivity (Wildman–Crippen MR) is 115 cm³/mol. The van der Waals surface area contributed by atoms with E-state index < -0.39 is 67.7 Å². The van der Waals surface area contributed by atoms with E-state index in [9.17, 15) is 33.5 Å². The molecular weight excluding hydrogens is 460 g/mol. The predicted octanol–water partition coefficient (Wildman–Crippen LogP) is -1.29. The Morgan fingerprint density at radius 1 is 0.971 bits per heavy atom. The van der Waals surface area contributed by atoms with Crippen molar-refractivity contribution in [3.8, 4) is 0 Å². The zero-order valence-electron chi connectivity index (χ0n) is 18.1. The van der Waals surface area contributed by atoms with Gasteiger partial charge in [-0.25, -0.2) is 18.8 Å². The fourth-order valence-electron chi connectivity index (χ4n) is 2.84. The van der Waals surface area contributed by atoms with E-state index in [1.54, 1.807) is 0 Å². The maximum absolute atomic E-state index is 13.9. The quantitative estimate of drug-likeness (QED) is 0.164. The number of carbonyl (C=O) groups is 5. The van der Waals surface area contributed by atoms with Crippen molar-refractivity contribution in [3.05, 3.63) is 24.0 Å². The number of hydrogen-bond acceptors (Lipinski definition) is 7. The summed E-state index contributed by atoms with van der Waals surface area (Å²) in [7, 11) is -0.675. The van der Waals surface area contributed by atoms with Gasteiger partial charge in [-0.3, -0.25) is 9.59 Å². The van der Waals surface area contributed by atoms with Crippen molar-refractivity contribution in [3.63, 3.8) is 0 Å². The van der Waals surface area contributed by atoms with Gasteiger partial charge in [0.15, 0.2) is 0 Å². The molecule has 0 fully saturated rings. The Kier molecular flexibility index (Phi) is 10.9. The van der Waals surface area contributed by atoms with Crippen LogP contribution in [-0.2, 0) is 19.2 Å². The molecule has 13 nitrogen and oxygen atoms in total. The summed E-state index contributed by atoms with van der Waals surface area (Å²) in [6, 6.07) is -0.806. The third kappa shape index (κ3) is 9.03. The third-order valence-electron chi connectivity index (χ3n) is 4.76. The zero-order chi connectivity index (χ0) is 26.0. The van der Waals surface area contributed by atoms with Gasteiger partial charge in [0.05, 0.1) is 0 Å². The average molecular weight is 485 g/mol. The van der Waals surface area contributed by atoms with Gasteiger partial charge in [-0.05, 0) is 31.4 Å². The maximum atomic E-state index is 13.9. The molecule has 0 aliphatic rings. The maximum Gasteiger partial charge on any atom is 0.491 e. The van der Waals surface area contributed by atoms with E-state index in [-0.39, 0.29) is 30.4 Å². The van der Waals surface area contributed by atoms with Gasteiger partial charge in [0, 0.05) is 31.0 Å². The normalized spacial score (nSPS) is 12.2. The highest BCUT2D eigenvalue weighted by atomic mass is 19.1. The number of halogens is 1. The van der Waals surface area contributed by atoms with E-state index in [0.29, 0.717) is 0 Å². The van der Waals surface area contributed by atoms with Gasteiger partial charge in [0.2, 0.25) is 5.91 Å². The molecule has 1 rings (SSSR count). The van der Waals surface area contributed by atoms with Crippen LogP contribution in [0.5, 0.6) is 0 Å². The molecule has 34 heavy (non-hydrogen) atoms. The minimum atomic E-state index is -2.02. The Labute approximate surface area is 193 Å². The number of aliphatic carboxylic acids is 3. The van der Waals surface area contributed by atoms with Crippen LogP contribution < -0.4 is 21.0 Å². The van der Waals surface area contributed by atoms with Crippen LogP contribution in [0.1, 0.15) is 32.1 Å². The topological polar surface area (TPSA) is 214 Å². The van der Waals surface area contributed by atoms with Gasteiger partial charge in [0.1, 0.15) is 17.9 Å². The van der Waals surface area contributed by atoms with Crippen molar-refractivity contribution in [1.82, 2.24) is 10.6 Å². The lowest BCUT2D eigenvalue weighted by atomic mass is 9.80. The SMILES string of the molecule is CN(C(=O)CCC[C@H](NC(=O)N[C@@H](CCC(=O)O)C(=O)O)C(=O)O)c1ccc(B(O)O)c(F)c1. The first kappa shape index (κ1) is 28.3. The Balaban J connectivity index is 2.64. The molecule has 186 valence electrons. The summed E-state index contributed by atoms with van der Waals surface area (Å²) in [5.41, 5.74) is -0.244. The molecule has 0 bridgehead atoms. The van der Waals surface area contributed by atoms with E-state index in [1.165, 1.54) is 13.1 Å². The fourth-order valence-corrected chi connectivity index (χ4v) is 2.84. The molecule has 1 aromatic rings. The molecule has 15 heteroatoms. The van der Waals surface area contributed by atoms with Crippen LogP contribution in [0.3, 0.4) is 0 Å². The van der Waals surface area contributed by atoms with Crippen LogP contribution in [0.4, 0.5) is 14.9 Å². The summed E-state index contributed by atoms with van der Waals surface area (Å²) < 4.78 is 13.9. The number of urea groups is 1. The van der Waals surface area contributed by atoms with E-state index in [0.717, 1.165) is 17.0 Å². The second-order valence-corrected chi connectivity index (χ2v) is 7.26. The van der Waals surface area contributed by atoms with E-state index >= 15 is 0 Å². The van der Waals surface area contributed by atoms with E-state index in [2.05, 4.69) is 5.32 Å². The number of nitrogens with one attached hydrogen (secondary N) is 2. The molecule has 0 radical (unpaired) electrons. The molecule has 0 aliphatic heterocycles. The zero-order valence-corrected chi connectivity index (χ0v) is 18.1. The summed E-state index contributed by atoms with van der Waals surface area (Å²) in [5.74, 6) is -5.64. The highest BCUT2D eigenvalue weighted by Crippen LogP contribution is 2.15. The van der Waals surface area contributed by atoms with E-state index in [4.69, 9.17) is 20.3 Å². The monoisotopic (exact) mass is 485 g/mol. The smallest absolute Gasteiger partial charge is 0.481 e. The number of benzene rings is 1. The second-order valence-electron chi connectivity index (χ2n) is 7.26. The number of nitrogens with zero attached hydrogens (tertiary/aromatic N) is 1. The molecule has 0 aliphatic carbocycles. The number of rotatable bonds is 13. The fraction of sp³-hybridized carbons (Fsp3) is 0.421. The van der Waals surface area contributed by atoms with Gasteiger partial charge in [-0.15, -0.1) is 0 Å². The molecule has 3 amide bonds. The number of carboxylic acid groups (broad SMARTS) is 3. The molecule has 0 unspecified atom stereocenters. The highest BCUT2D eigenvalue weighted by molar-refractivity contribution is 6.58. The first-order valence-corrected chi connectivity index (χ1v) is 10.00. The molecule has 2 atom stereocenters. The molecule has 1 aromatic carbocycles. The largest absolute Gasteiger partial charge is 0.491 e. The van der Waals surface area contributed by atoms with Crippen LogP contribution >= 0.6 is 0 Å². The Hall–Kier alpha value is -3.72. The lowest BCUT2D eigenvalue weighted by Gasteiger charge is -2.20. The molecule has 0 spiro atoms. The molecule has 0 saturated heterocycles. The molecule has 0 heterocycles. The Morgan fingerprint density at radius 3 is 2.00 bits per heavy atom. The lowest BCUT2D eigenvalue weighted by molar-refractivity contribution is -0.140. The Bertz CT molecular complexity index is 930. The summed E-state index contributed by atoms with van der Waals surface area (Å²) in [6.07, 6.45) is -1.30. The van der Waals surface area contributed by atoms with Gasteiger partial charge in [0.25, 0.3) is 0 Å². The lowest BCUT2D eigenvalue weighted by Crippen LogP contribution is -2.51. The second kappa shape index (κ2) is 13.1. The average Bonchev–Trinajstić information content (AvgIpc) is 2.74. The summed E-state index contributed by atoms with van der Waals surface area (Å²) >= 11 is 0. The molecule has 0 aromatic heterocycles. The first-order valence-electron chi connectivity index (χ1n) is 10.00.